The third kappa shape index (κ3) is 7.70. The van der Waals surface area contributed by atoms with Crippen molar-refractivity contribution in [3.05, 3.63) is 110 Å². The molecule has 0 radical (unpaired) electrons. The molecule has 0 unspecified atom stereocenters. The lowest BCUT2D eigenvalue weighted by Gasteiger charge is -2.48. The minimum absolute atomic E-state index is 0.241. The highest BCUT2D eigenvalue weighted by molar-refractivity contribution is 5.15. The first-order chi connectivity index (χ1) is 17.2. The van der Waals surface area contributed by atoms with E-state index in [0.717, 1.165) is 11.1 Å². The summed E-state index contributed by atoms with van der Waals surface area (Å²) in [6, 6.07) is 19.7. The number of rotatable bonds is 15. The van der Waals surface area contributed by atoms with Crippen molar-refractivity contribution in [2.75, 3.05) is 19.8 Å². The Kier molecular flexibility index (Phi) is 11.4. The fourth-order valence-electron chi connectivity index (χ4n) is 4.16. The average Bonchev–Trinajstić information content (AvgIpc) is 2.90. The third-order valence-electron chi connectivity index (χ3n) is 5.76. The molecule has 0 heterocycles. The summed E-state index contributed by atoms with van der Waals surface area (Å²) in [6.45, 7) is 12.7. The second kappa shape index (κ2) is 14.7. The van der Waals surface area contributed by atoms with Crippen LogP contribution in [-0.4, -0.2) is 61.6 Å². The zero-order valence-corrected chi connectivity index (χ0v) is 20.1. The summed E-state index contributed by atoms with van der Waals surface area (Å²) in [5, 5.41) is 11.4. The van der Waals surface area contributed by atoms with Gasteiger partial charge in [0.25, 0.3) is 0 Å². The minimum Gasteiger partial charge on any atom is -0.387 e. The first-order valence-corrected chi connectivity index (χ1v) is 11.9. The highest BCUT2D eigenvalue weighted by Gasteiger charge is 2.53. The largest absolute Gasteiger partial charge is 0.387 e. The van der Waals surface area contributed by atoms with Gasteiger partial charge in [0.2, 0.25) is 0 Å². The molecule has 1 saturated carbocycles. The minimum atomic E-state index is -1.03. The first-order valence-electron chi connectivity index (χ1n) is 11.9. The molecule has 0 bridgehead atoms. The van der Waals surface area contributed by atoms with Gasteiger partial charge in [-0.15, -0.1) is 19.7 Å². The molecule has 1 N–H and O–H groups in total. The first kappa shape index (κ1) is 27.0. The van der Waals surface area contributed by atoms with Crippen LogP contribution in [0, 0.1) is 0 Å². The molecular weight excluding hydrogens is 444 g/mol. The monoisotopic (exact) mass is 480 g/mol. The summed E-state index contributed by atoms with van der Waals surface area (Å²) in [7, 11) is 0. The van der Waals surface area contributed by atoms with E-state index in [4.69, 9.17) is 23.7 Å². The van der Waals surface area contributed by atoms with E-state index in [1.807, 2.05) is 60.7 Å². The zero-order chi connectivity index (χ0) is 24.9. The molecule has 2 aromatic rings. The Morgan fingerprint density at radius 3 is 1.29 bits per heavy atom. The maximum absolute atomic E-state index is 11.4. The van der Waals surface area contributed by atoms with E-state index in [0.29, 0.717) is 13.2 Å². The Bertz CT molecular complexity index is 887. The van der Waals surface area contributed by atoms with E-state index in [1.165, 1.54) is 0 Å². The Hall–Kier alpha value is -2.58. The van der Waals surface area contributed by atoms with Crippen LogP contribution in [0.25, 0.3) is 0 Å². The Morgan fingerprint density at radius 2 is 0.886 bits per heavy atom. The molecule has 35 heavy (non-hydrogen) atoms. The van der Waals surface area contributed by atoms with E-state index in [2.05, 4.69) is 19.7 Å². The lowest BCUT2D eigenvalue weighted by molar-refractivity contribution is -0.273. The lowest BCUT2D eigenvalue weighted by atomic mass is 9.83. The number of ether oxygens (including phenoxy) is 5. The summed E-state index contributed by atoms with van der Waals surface area (Å²) < 4.78 is 31.0. The number of aliphatic hydroxyl groups is 1. The van der Waals surface area contributed by atoms with Crippen LogP contribution in [0.1, 0.15) is 11.1 Å². The SMILES string of the molecule is C=CCO[C@H]1[C@@H](OCc2ccccc2)[C@@H](OCc2ccccc2)[C@@H](OCC=C)[C@H](O)[C@@H]1OCC=C. The van der Waals surface area contributed by atoms with Crippen LogP contribution in [0.15, 0.2) is 98.6 Å². The van der Waals surface area contributed by atoms with Gasteiger partial charge in [-0.3, -0.25) is 0 Å². The van der Waals surface area contributed by atoms with E-state index in [-0.39, 0.29) is 19.8 Å². The fraction of sp³-hybridized carbons (Fsp3) is 0.379. The fourth-order valence-corrected chi connectivity index (χ4v) is 4.16. The maximum Gasteiger partial charge on any atom is 0.116 e. The third-order valence-corrected chi connectivity index (χ3v) is 5.76. The Morgan fingerprint density at radius 1 is 0.543 bits per heavy atom. The maximum atomic E-state index is 11.4. The summed E-state index contributed by atoms with van der Waals surface area (Å²) in [6.07, 6.45) is 0.606. The van der Waals surface area contributed by atoms with Crippen LogP contribution >= 0.6 is 0 Å². The lowest BCUT2D eigenvalue weighted by Crippen LogP contribution is -2.67. The van der Waals surface area contributed by atoms with Crippen LogP contribution in [-0.2, 0) is 36.9 Å². The van der Waals surface area contributed by atoms with Crippen LogP contribution in [0.4, 0.5) is 0 Å². The summed E-state index contributed by atoms with van der Waals surface area (Å²) >= 11 is 0. The van der Waals surface area contributed by atoms with Gasteiger partial charge in [-0.25, -0.2) is 0 Å². The molecule has 6 atom stereocenters. The predicted octanol–water partition coefficient (Wildman–Crippen LogP) is 4.25. The molecule has 0 spiro atoms. The van der Waals surface area contributed by atoms with E-state index in [9.17, 15) is 5.11 Å². The Balaban J connectivity index is 1.93. The normalized spacial score (nSPS) is 26.2. The van der Waals surface area contributed by atoms with Crippen molar-refractivity contribution >= 4 is 0 Å². The molecule has 0 saturated heterocycles. The standard InChI is InChI=1S/C29H36O6/c1-4-17-31-25-24(30)26(32-18-5-2)28(34-20-22-13-9-7-10-14-22)29(27(25)33-19-6-3)35-21-23-15-11-8-12-16-23/h4-16,24-30H,1-3,17-21H2/t24-,25+,26+,27-,28+,29-/m1/s1. The van der Waals surface area contributed by atoms with Gasteiger partial charge in [0.05, 0.1) is 33.0 Å². The number of benzene rings is 2. The molecule has 1 aliphatic rings. The highest BCUT2D eigenvalue weighted by Crippen LogP contribution is 2.33. The molecule has 0 amide bonds. The number of hydrogen-bond acceptors (Lipinski definition) is 6. The molecule has 3 rings (SSSR count). The van der Waals surface area contributed by atoms with Gasteiger partial charge in [-0.05, 0) is 11.1 Å². The topological polar surface area (TPSA) is 66.4 Å². The van der Waals surface area contributed by atoms with Gasteiger partial charge >= 0.3 is 0 Å². The van der Waals surface area contributed by atoms with Crippen molar-refractivity contribution in [3.63, 3.8) is 0 Å². The molecule has 0 aliphatic heterocycles. The van der Waals surface area contributed by atoms with Crippen molar-refractivity contribution in [3.8, 4) is 0 Å². The van der Waals surface area contributed by atoms with Crippen molar-refractivity contribution < 1.29 is 28.8 Å². The quantitative estimate of drug-likeness (QED) is 0.385. The van der Waals surface area contributed by atoms with Crippen molar-refractivity contribution in [2.24, 2.45) is 0 Å². The van der Waals surface area contributed by atoms with Gasteiger partial charge in [-0.2, -0.15) is 0 Å². The number of aliphatic hydroxyl groups excluding tert-OH is 1. The van der Waals surface area contributed by atoms with Crippen molar-refractivity contribution in [2.45, 2.75) is 49.8 Å². The Labute approximate surface area is 208 Å². The van der Waals surface area contributed by atoms with Gasteiger partial charge in [0.15, 0.2) is 0 Å². The molecule has 0 aromatic heterocycles. The average molecular weight is 481 g/mol. The molecule has 6 heteroatoms. The summed E-state index contributed by atoms with van der Waals surface area (Å²) in [5.41, 5.74) is 2.01. The second-order valence-corrected chi connectivity index (χ2v) is 8.27. The number of hydrogen-bond donors (Lipinski definition) is 1. The van der Waals surface area contributed by atoms with Gasteiger partial charge in [0, 0.05) is 0 Å². The van der Waals surface area contributed by atoms with Gasteiger partial charge in [-0.1, -0.05) is 78.9 Å². The molecule has 188 valence electrons. The summed E-state index contributed by atoms with van der Waals surface area (Å²) in [4.78, 5) is 0. The van der Waals surface area contributed by atoms with Gasteiger partial charge in [0.1, 0.15) is 36.6 Å². The van der Waals surface area contributed by atoms with Crippen LogP contribution in [0.5, 0.6) is 0 Å². The summed E-state index contributed by atoms with van der Waals surface area (Å²) in [5.74, 6) is 0. The molecular formula is C29H36O6. The predicted molar refractivity (Wildman–Crippen MR) is 136 cm³/mol. The van der Waals surface area contributed by atoms with E-state index >= 15 is 0 Å². The smallest absolute Gasteiger partial charge is 0.116 e. The zero-order valence-electron chi connectivity index (χ0n) is 20.1. The molecule has 1 fully saturated rings. The highest BCUT2D eigenvalue weighted by atomic mass is 16.6. The molecule has 1 aliphatic carbocycles. The van der Waals surface area contributed by atoms with Crippen LogP contribution in [0.2, 0.25) is 0 Å². The van der Waals surface area contributed by atoms with Gasteiger partial charge < -0.3 is 28.8 Å². The van der Waals surface area contributed by atoms with Crippen LogP contribution < -0.4 is 0 Å². The van der Waals surface area contributed by atoms with Crippen LogP contribution in [0.3, 0.4) is 0 Å². The van der Waals surface area contributed by atoms with Crippen molar-refractivity contribution in [1.29, 1.82) is 0 Å². The molecule has 2 aromatic carbocycles. The van der Waals surface area contributed by atoms with Crippen molar-refractivity contribution in [1.82, 2.24) is 0 Å². The second-order valence-electron chi connectivity index (χ2n) is 8.27. The molecule has 6 nitrogen and oxygen atoms in total. The van der Waals surface area contributed by atoms with E-state index < -0.39 is 36.6 Å². The van der Waals surface area contributed by atoms with E-state index in [1.54, 1.807) is 18.2 Å².